The number of fused-ring (bicyclic) bond motifs is 1. The third-order valence-corrected chi connectivity index (χ3v) is 3.57. The Bertz CT molecular complexity index is 667. The van der Waals surface area contributed by atoms with Crippen LogP contribution in [0.2, 0.25) is 0 Å². The smallest absolute Gasteiger partial charge is 0.199 e. The number of rotatable bonds is 2. The fraction of sp³-hybridized carbons (Fsp3) is 0.133. The van der Waals surface area contributed by atoms with Crippen molar-refractivity contribution in [1.82, 2.24) is 0 Å². The lowest BCUT2D eigenvalue weighted by Gasteiger charge is -2.08. The SMILES string of the molecule is O=C(c1ccccc1F)c1cc(Br)cc2c1OCC2. The molecule has 4 heteroatoms. The zero-order valence-corrected chi connectivity index (χ0v) is 11.5. The van der Waals surface area contributed by atoms with Crippen LogP contribution in [0.4, 0.5) is 4.39 Å². The minimum Gasteiger partial charge on any atom is -0.492 e. The van der Waals surface area contributed by atoms with Crippen molar-refractivity contribution in [3.8, 4) is 5.75 Å². The zero-order valence-electron chi connectivity index (χ0n) is 9.95. The first-order valence-electron chi connectivity index (χ1n) is 5.91. The van der Waals surface area contributed by atoms with E-state index < -0.39 is 5.82 Å². The van der Waals surface area contributed by atoms with Crippen molar-refractivity contribution >= 4 is 21.7 Å². The highest BCUT2D eigenvalue weighted by Crippen LogP contribution is 2.34. The molecule has 2 aromatic carbocycles. The first-order chi connectivity index (χ1) is 9.16. The van der Waals surface area contributed by atoms with Gasteiger partial charge in [0.05, 0.1) is 17.7 Å². The lowest BCUT2D eigenvalue weighted by Crippen LogP contribution is -2.06. The van der Waals surface area contributed by atoms with E-state index in [1.807, 2.05) is 6.07 Å². The molecule has 1 aliphatic rings. The molecule has 0 amide bonds. The van der Waals surface area contributed by atoms with Crippen LogP contribution in [0, 0.1) is 5.82 Å². The summed E-state index contributed by atoms with van der Waals surface area (Å²) in [5.74, 6) is -0.284. The van der Waals surface area contributed by atoms with Gasteiger partial charge in [-0.25, -0.2) is 4.39 Å². The van der Waals surface area contributed by atoms with Gasteiger partial charge in [0, 0.05) is 10.9 Å². The Kier molecular flexibility index (Phi) is 3.11. The van der Waals surface area contributed by atoms with Crippen molar-refractivity contribution in [1.29, 1.82) is 0 Å². The van der Waals surface area contributed by atoms with Gasteiger partial charge in [0.2, 0.25) is 0 Å². The molecule has 0 fully saturated rings. The van der Waals surface area contributed by atoms with E-state index >= 15 is 0 Å². The number of hydrogen-bond acceptors (Lipinski definition) is 2. The molecule has 0 saturated heterocycles. The maximum atomic E-state index is 13.7. The van der Waals surface area contributed by atoms with Gasteiger partial charge in [0.15, 0.2) is 5.78 Å². The summed E-state index contributed by atoms with van der Waals surface area (Å²) in [6.07, 6.45) is 0.770. The molecule has 0 spiro atoms. The number of halogens is 2. The summed E-state index contributed by atoms with van der Waals surface area (Å²) in [7, 11) is 0. The van der Waals surface area contributed by atoms with Crippen molar-refractivity contribution in [2.75, 3.05) is 6.61 Å². The fourth-order valence-corrected chi connectivity index (χ4v) is 2.73. The predicted molar refractivity (Wildman–Crippen MR) is 73.2 cm³/mol. The van der Waals surface area contributed by atoms with Crippen LogP contribution in [0.25, 0.3) is 0 Å². The molecule has 0 aromatic heterocycles. The number of benzene rings is 2. The normalized spacial score (nSPS) is 12.9. The summed E-state index contributed by atoms with van der Waals surface area (Å²) in [5, 5.41) is 0. The number of hydrogen-bond donors (Lipinski definition) is 0. The quantitative estimate of drug-likeness (QED) is 0.788. The molecule has 0 aliphatic carbocycles. The lowest BCUT2D eigenvalue weighted by molar-refractivity contribution is 0.103. The molecule has 19 heavy (non-hydrogen) atoms. The van der Waals surface area contributed by atoms with Crippen molar-refractivity contribution in [3.05, 3.63) is 63.4 Å². The van der Waals surface area contributed by atoms with Crippen LogP contribution >= 0.6 is 15.9 Å². The van der Waals surface area contributed by atoms with Crippen molar-refractivity contribution in [3.63, 3.8) is 0 Å². The fourth-order valence-electron chi connectivity index (χ4n) is 2.23. The predicted octanol–water partition coefficient (Wildman–Crippen LogP) is 3.75. The lowest BCUT2D eigenvalue weighted by atomic mass is 9.99. The van der Waals surface area contributed by atoms with Gasteiger partial charge in [0.25, 0.3) is 0 Å². The summed E-state index contributed by atoms with van der Waals surface area (Å²) in [6, 6.07) is 9.59. The van der Waals surface area contributed by atoms with Gasteiger partial charge in [-0.2, -0.15) is 0 Å². The van der Waals surface area contributed by atoms with Crippen molar-refractivity contribution < 1.29 is 13.9 Å². The third-order valence-electron chi connectivity index (χ3n) is 3.11. The number of carbonyl (C=O) groups is 1. The summed E-state index contributed by atoms with van der Waals surface area (Å²) >= 11 is 3.37. The minimum absolute atomic E-state index is 0.0679. The maximum absolute atomic E-state index is 13.7. The van der Waals surface area contributed by atoms with Crippen LogP contribution in [-0.2, 0) is 6.42 Å². The summed E-state index contributed by atoms with van der Waals surface area (Å²) in [4.78, 5) is 12.4. The van der Waals surface area contributed by atoms with Gasteiger partial charge >= 0.3 is 0 Å². The van der Waals surface area contributed by atoms with Gasteiger partial charge in [-0.3, -0.25) is 4.79 Å². The minimum atomic E-state index is -0.515. The molecule has 0 N–H and O–H groups in total. The van der Waals surface area contributed by atoms with Gasteiger partial charge in [-0.1, -0.05) is 28.1 Å². The largest absolute Gasteiger partial charge is 0.492 e. The van der Waals surface area contributed by atoms with Crippen LogP contribution in [0.3, 0.4) is 0 Å². The topological polar surface area (TPSA) is 26.3 Å². The maximum Gasteiger partial charge on any atom is 0.199 e. The van der Waals surface area contributed by atoms with E-state index in [2.05, 4.69) is 15.9 Å². The average Bonchev–Trinajstić information content (AvgIpc) is 2.85. The number of ether oxygens (including phenoxy) is 1. The van der Waals surface area contributed by atoms with Crippen LogP contribution < -0.4 is 4.74 Å². The van der Waals surface area contributed by atoms with Crippen LogP contribution in [-0.4, -0.2) is 12.4 Å². The molecule has 0 radical (unpaired) electrons. The summed E-state index contributed by atoms with van der Waals surface area (Å²) < 4.78 is 20.0. The zero-order chi connectivity index (χ0) is 13.4. The molecular formula is C15H10BrFO2. The Hall–Kier alpha value is -1.68. The van der Waals surface area contributed by atoms with E-state index in [4.69, 9.17) is 4.74 Å². The highest BCUT2D eigenvalue weighted by molar-refractivity contribution is 9.10. The van der Waals surface area contributed by atoms with E-state index in [1.54, 1.807) is 18.2 Å². The first kappa shape index (κ1) is 12.4. The Morgan fingerprint density at radius 3 is 2.79 bits per heavy atom. The van der Waals surface area contributed by atoms with Crippen LogP contribution in [0.1, 0.15) is 21.5 Å². The Morgan fingerprint density at radius 2 is 2.00 bits per heavy atom. The van der Waals surface area contributed by atoms with Crippen LogP contribution in [0.15, 0.2) is 40.9 Å². The van der Waals surface area contributed by atoms with E-state index in [1.165, 1.54) is 12.1 Å². The summed E-state index contributed by atoms with van der Waals surface area (Å²) in [6.45, 7) is 0.559. The summed E-state index contributed by atoms with van der Waals surface area (Å²) in [5.41, 5.74) is 1.46. The number of ketones is 1. The second kappa shape index (κ2) is 4.78. The van der Waals surface area contributed by atoms with Gasteiger partial charge in [-0.05, 0) is 29.8 Å². The molecule has 0 atom stereocenters. The molecule has 1 heterocycles. The second-order valence-corrected chi connectivity index (χ2v) is 5.26. The molecule has 0 bridgehead atoms. The number of carbonyl (C=O) groups excluding carboxylic acids is 1. The Morgan fingerprint density at radius 1 is 1.21 bits per heavy atom. The van der Waals surface area contributed by atoms with E-state index in [0.717, 1.165) is 16.5 Å². The van der Waals surface area contributed by atoms with E-state index in [9.17, 15) is 9.18 Å². The second-order valence-electron chi connectivity index (χ2n) is 4.35. The molecule has 0 unspecified atom stereocenters. The molecule has 2 aromatic rings. The Balaban J connectivity index is 2.13. The Labute approximate surface area is 118 Å². The first-order valence-corrected chi connectivity index (χ1v) is 6.70. The highest BCUT2D eigenvalue weighted by Gasteiger charge is 2.24. The molecule has 2 nitrogen and oxygen atoms in total. The van der Waals surface area contributed by atoms with Gasteiger partial charge in [0.1, 0.15) is 11.6 Å². The monoisotopic (exact) mass is 320 g/mol. The molecule has 0 saturated carbocycles. The molecular weight excluding hydrogens is 311 g/mol. The van der Waals surface area contributed by atoms with E-state index in [-0.39, 0.29) is 11.3 Å². The van der Waals surface area contributed by atoms with Crippen molar-refractivity contribution in [2.45, 2.75) is 6.42 Å². The molecule has 96 valence electrons. The van der Waals surface area contributed by atoms with Crippen LogP contribution in [0.5, 0.6) is 5.75 Å². The molecule has 1 aliphatic heterocycles. The van der Waals surface area contributed by atoms with Gasteiger partial charge in [-0.15, -0.1) is 0 Å². The third kappa shape index (κ3) is 2.16. The highest BCUT2D eigenvalue weighted by atomic mass is 79.9. The standard InChI is InChI=1S/C15H10BrFO2/c16-10-7-9-5-6-19-15(9)12(8-10)14(18)11-3-1-2-4-13(11)17/h1-4,7-8H,5-6H2. The average molecular weight is 321 g/mol. The van der Waals surface area contributed by atoms with Crippen molar-refractivity contribution in [2.24, 2.45) is 0 Å². The van der Waals surface area contributed by atoms with E-state index in [0.29, 0.717) is 17.9 Å². The molecule has 3 rings (SSSR count). The van der Waals surface area contributed by atoms with Gasteiger partial charge < -0.3 is 4.74 Å².